The maximum absolute atomic E-state index is 6.27. The smallest absolute Gasteiger partial charge is 0.0725 e. The Kier molecular flexibility index (Phi) is 5.75. The van der Waals surface area contributed by atoms with Crippen LogP contribution in [0.1, 0.15) is 24.1 Å². The average molecular weight is 327 g/mol. The van der Waals surface area contributed by atoms with Gasteiger partial charge in [-0.2, -0.15) is 0 Å². The highest BCUT2D eigenvalue weighted by molar-refractivity contribution is 7.99. The molecule has 5 heteroatoms. The number of benzene rings is 2. The summed E-state index contributed by atoms with van der Waals surface area (Å²) in [6.45, 7) is 2.13. The van der Waals surface area contributed by atoms with Crippen molar-refractivity contribution < 1.29 is 0 Å². The molecule has 0 aliphatic rings. The molecule has 0 aromatic heterocycles. The van der Waals surface area contributed by atoms with E-state index in [-0.39, 0.29) is 6.04 Å². The lowest BCUT2D eigenvalue weighted by Gasteiger charge is -2.19. The second-order valence-electron chi connectivity index (χ2n) is 4.24. The van der Waals surface area contributed by atoms with Crippen LogP contribution in [0, 0.1) is 0 Å². The van der Waals surface area contributed by atoms with Crippen molar-refractivity contribution in [2.45, 2.75) is 17.9 Å². The Balaban J connectivity index is 2.34. The lowest BCUT2D eigenvalue weighted by Crippen LogP contribution is -2.29. The molecule has 106 valence electrons. The molecule has 20 heavy (non-hydrogen) atoms. The van der Waals surface area contributed by atoms with Gasteiger partial charge in [-0.1, -0.05) is 54.4 Å². The summed E-state index contributed by atoms with van der Waals surface area (Å²) in [5.41, 5.74) is 4.73. The minimum absolute atomic E-state index is 0.179. The van der Waals surface area contributed by atoms with Crippen molar-refractivity contribution in [3.05, 3.63) is 63.6 Å². The standard InChI is InChI=1S/C15H16Cl2N2S/c1-2-20-11-8-6-10(7-9-11)15(19-18)12-4-3-5-13(16)14(12)17/h3-9,15,19H,2,18H2,1H3. The minimum atomic E-state index is -0.179. The summed E-state index contributed by atoms with van der Waals surface area (Å²) in [5.74, 6) is 6.75. The zero-order valence-electron chi connectivity index (χ0n) is 11.1. The maximum Gasteiger partial charge on any atom is 0.0725 e. The van der Waals surface area contributed by atoms with E-state index in [9.17, 15) is 0 Å². The second-order valence-corrected chi connectivity index (χ2v) is 6.37. The molecule has 2 aromatic rings. The fraction of sp³-hybridized carbons (Fsp3) is 0.200. The van der Waals surface area contributed by atoms with Crippen LogP contribution in [-0.2, 0) is 0 Å². The predicted molar refractivity (Wildman–Crippen MR) is 88.5 cm³/mol. The van der Waals surface area contributed by atoms with Crippen molar-refractivity contribution in [2.75, 3.05) is 5.75 Å². The molecule has 0 bridgehead atoms. The van der Waals surface area contributed by atoms with Crippen molar-refractivity contribution in [2.24, 2.45) is 5.84 Å². The molecule has 2 aromatic carbocycles. The number of nitrogens with one attached hydrogen (secondary N) is 1. The van der Waals surface area contributed by atoms with Gasteiger partial charge >= 0.3 is 0 Å². The highest BCUT2D eigenvalue weighted by atomic mass is 35.5. The molecular formula is C15H16Cl2N2S. The van der Waals surface area contributed by atoms with Gasteiger partial charge in [-0.3, -0.25) is 5.84 Å². The molecule has 1 unspecified atom stereocenters. The summed E-state index contributed by atoms with van der Waals surface area (Å²) in [6.07, 6.45) is 0. The predicted octanol–water partition coefficient (Wildman–Crippen LogP) is 4.66. The number of hydrazine groups is 1. The summed E-state index contributed by atoms with van der Waals surface area (Å²) in [7, 11) is 0. The van der Waals surface area contributed by atoms with Crippen molar-refractivity contribution in [3.8, 4) is 0 Å². The molecule has 2 rings (SSSR count). The topological polar surface area (TPSA) is 38.0 Å². The van der Waals surface area contributed by atoms with Crippen LogP contribution in [-0.4, -0.2) is 5.75 Å². The third kappa shape index (κ3) is 3.48. The fourth-order valence-corrected chi connectivity index (χ4v) is 3.11. The van der Waals surface area contributed by atoms with E-state index in [0.29, 0.717) is 10.0 Å². The van der Waals surface area contributed by atoms with Gasteiger partial charge in [-0.15, -0.1) is 11.8 Å². The van der Waals surface area contributed by atoms with Crippen LogP contribution in [0.15, 0.2) is 47.4 Å². The molecule has 0 heterocycles. The lowest BCUT2D eigenvalue weighted by atomic mass is 9.99. The number of rotatable bonds is 5. The SMILES string of the molecule is CCSc1ccc(C(NN)c2cccc(Cl)c2Cl)cc1. The molecule has 0 aliphatic heterocycles. The van der Waals surface area contributed by atoms with E-state index in [1.807, 2.05) is 12.1 Å². The van der Waals surface area contributed by atoms with Crippen LogP contribution in [0.5, 0.6) is 0 Å². The first-order valence-electron chi connectivity index (χ1n) is 6.30. The largest absolute Gasteiger partial charge is 0.271 e. The average Bonchev–Trinajstić information content (AvgIpc) is 2.46. The first-order valence-corrected chi connectivity index (χ1v) is 8.04. The van der Waals surface area contributed by atoms with Crippen molar-refractivity contribution in [1.82, 2.24) is 5.43 Å². The maximum atomic E-state index is 6.27. The molecule has 0 saturated heterocycles. The van der Waals surface area contributed by atoms with Crippen LogP contribution >= 0.6 is 35.0 Å². The normalized spacial score (nSPS) is 12.4. The van der Waals surface area contributed by atoms with Crippen LogP contribution in [0.2, 0.25) is 10.0 Å². The van der Waals surface area contributed by atoms with E-state index in [2.05, 4.69) is 36.6 Å². The first-order chi connectivity index (χ1) is 9.67. The highest BCUT2D eigenvalue weighted by Gasteiger charge is 2.17. The van der Waals surface area contributed by atoms with Crippen LogP contribution in [0.3, 0.4) is 0 Å². The van der Waals surface area contributed by atoms with E-state index in [0.717, 1.165) is 16.9 Å². The second kappa shape index (κ2) is 7.34. The van der Waals surface area contributed by atoms with Crippen molar-refractivity contribution >= 4 is 35.0 Å². The fourth-order valence-electron chi connectivity index (χ4n) is 2.03. The number of nitrogens with two attached hydrogens (primary N) is 1. The molecule has 0 radical (unpaired) electrons. The van der Waals surface area contributed by atoms with Gasteiger partial charge in [0.15, 0.2) is 0 Å². The van der Waals surface area contributed by atoms with Crippen LogP contribution in [0.25, 0.3) is 0 Å². The zero-order chi connectivity index (χ0) is 14.5. The van der Waals surface area contributed by atoms with Crippen LogP contribution in [0.4, 0.5) is 0 Å². The van der Waals surface area contributed by atoms with Gasteiger partial charge in [-0.05, 0) is 35.1 Å². The zero-order valence-corrected chi connectivity index (χ0v) is 13.4. The summed E-state index contributed by atoms with van der Waals surface area (Å²) in [4.78, 5) is 1.24. The molecule has 0 saturated carbocycles. The van der Waals surface area contributed by atoms with Gasteiger partial charge in [0.2, 0.25) is 0 Å². The van der Waals surface area contributed by atoms with Gasteiger partial charge in [0.25, 0.3) is 0 Å². The molecule has 3 N–H and O–H groups in total. The molecule has 0 amide bonds. The van der Waals surface area contributed by atoms with Gasteiger partial charge in [-0.25, -0.2) is 5.43 Å². The van der Waals surface area contributed by atoms with Gasteiger partial charge in [0.05, 0.1) is 16.1 Å². The van der Waals surface area contributed by atoms with E-state index < -0.39 is 0 Å². The first kappa shape index (κ1) is 15.7. The lowest BCUT2D eigenvalue weighted by molar-refractivity contribution is 0.637. The Bertz CT molecular complexity index is 573. The molecule has 1 atom stereocenters. The monoisotopic (exact) mass is 326 g/mol. The molecular weight excluding hydrogens is 311 g/mol. The van der Waals surface area contributed by atoms with E-state index >= 15 is 0 Å². The quantitative estimate of drug-likeness (QED) is 0.477. The van der Waals surface area contributed by atoms with E-state index in [1.54, 1.807) is 17.8 Å². The Morgan fingerprint density at radius 1 is 1.15 bits per heavy atom. The van der Waals surface area contributed by atoms with Crippen LogP contribution < -0.4 is 11.3 Å². The minimum Gasteiger partial charge on any atom is -0.271 e. The van der Waals surface area contributed by atoms with Gasteiger partial charge in [0.1, 0.15) is 0 Å². The summed E-state index contributed by atoms with van der Waals surface area (Å²) in [5, 5.41) is 1.06. The summed E-state index contributed by atoms with van der Waals surface area (Å²) < 4.78 is 0. The van der Waals surface area contributed by atoms with Crippen molar-refractivity contribution in [3.63, 3.8) is 0 Å². The molecule has 0 fully saturated rings. The Morgan fingerprint density at radius 3 is 2.45 bits per heavy atom. The van der Waals surface area contributed by atoms with Crippen molar-refractivity contribution in [1.29, 1.82) is 0 Å². The molecule has 0 aliphatic carbocycles. The van der Waals surface area contributed by atoms with Gasteiger partial charge < -0.3 is 0 Å². The number of thioether (sulfide) groups is 1. The Labute approximate surface area is 133 Å². The molecule has 0 spiro atoms. The van der Waals surface area contributed by atoms with E-state index in [1.165, 1.54) is 4.90 Å². The molecule has 2 nitrogen and oxygen atoms in total. The number of hydrogen-bond donors (Lipinski definition) is 2. The third-order valence-electron chi connectivity index (χ3n) is 2.98. The van der Waals surface area contributed by atoms with E-state index in [4.69, 9.17) is 29.0 Å². The highest BCUT2D eigenvalue weighted by Crippen LogP contribution is 2.33. The number of halogens is 2. The summed E-state index contributed by atoms with van der Waals surface area (Å²) >= 11 is 14.1. The Morgan fingerprint density at radius 2 is 1.85 bits per heavy atom. The summed E-state index contributed by atoms with van der Waals surface area (Å²) in [6, 6.07) is 13.7. The number of hydrogen-bond acceptors (Lipinski definition) is 3. The third-order valence-corrected chi connectivity index (χ3v) is 4.71. The Hall–Kier alpha value is -0.710. The van der Waals surface area contributed by atoms with Gasteiger partial charge in [0, 0.05) is 4.90 Å².